The molecular formula is C12H17BrO. The van der Waals surface area contributed by atoms with Gasteiger partial charge in [-0.2, -0.15) is 0 Å². The summed E-state index contributed by atoms with van der Waals surface area (Å²) in [4.78, 5) is 0. The summed E-state index contributed by atoms with van der Waals surface area (Å²) >= 11 is 3.51. The molecule has 0 bridgehead atoms. The zero-order valence-electron chi connectivity index (χ0n) is 8.58. The minimum Gasteiger partial charge on any atom is -0.493 e. The fraction of sp³-hybridized carbons (Fsp3) is 0.500. The molecule has 0 aliphatic heterocycles. The number of benzene rings is 1. The fourth-order valence-electron chi connectivity index (χ4n) is 1.34. The van der Waals surface area contributed by atoms with Crippen molar-refractivity contribution in [2.24, 2.45) is 5.92 Å². The van der Waals surface area contributed by atoms with Gasteiger partial charge in [-0.05, 0) is 18.6 Å². The first-order valence-electron chi connectivity index (χ1n) is 5.10. The van der Waals surface area contributed by atoms with Crippen molar-refractivity contribution in [1.82, 2.24) is 0 Å². The third-order valence-electron chi connectivity index (χ3n) is 2.14. The molecule has 1 aromatic rings. The van der Waals surface area contributed by atoms with Gasteiger partial charge in [-0.25, -0.2) is 0 Å². The van der Waals surface area contributed by atoms with E-state index in [2.05, 4.69) is 22.9 Å². The van der Waals surface area contributed by atoms with E-state index in [4.69, 9.17) is 4.74 Å². The van der Waals surface area contributed by atoms with Crippen molar-refractivity contribution in [2.75, 3.05) is 11.9 Å². The van der Waals surface area contributed by atoms with Crippen LogP contribution < -0.4 is 4.74 Å². The van der Waals surface area contributed by atoms with Crippen LogP contribution in [0.1, 0.15) is 19.8 Å². The normalized spacial score (nSPS) is 12.4. The standard InChI is InChI=1S/C12H17BrO/c1-2-6-11(9-13)10-14-12-7-4-3-5-8-12/h3-5,7-8,11H,2,6,9-10H2,1H3. The summed E-state index contributed by atoms with van der Waals surface area (Å²) in [6.45, 7) is 3.02. The number of hydrogen-bond acceptors (Lipinski definition) is 1. The summed E-state index contributed by atoms with van der Waals surface area (Å²) in [5.74, 6) is 1.59. The van der Waals surface area contributed by atoms with Crippen LogP contribution in [0.2, 0.25) is 0 Å². The van der Waals surface area contributed by atoms with E-state index < -0.39 is 0 Å². The number of hydrogen-bond donors (Lipinski definition) is 0. The molecule has 1 rings (SSSR count). The van der Waals surface area contributed by atoms with Gasteiger partial charge in [0.05, 0.1) is 6.61 Å². The second kappa shape index (κ2) is 6.88. The molecule has 2 heteroatoms. The molecule has 0 aliphatic carbocycles. The lowest BCUT2D eigenvalue weighted by atomic mass is 10.1. The monoisotopic (exact) mass is 256 g/mol. The van der Waals surface area contributed by atoms with Crippen molar-refractivity contribution in [1.29, 1.82) is 0 Å². The van der Waals surface area contributed by atoms with Gasteiger partial charge in [-0.1, -0.05) is 47.5 Å². The van der Waals surface area contributed by atoms with E-state index >= 15 is 0 Å². The second-order valence-corrected chi connectivity index (χ2v) is 4.08. The van der Waals surface area contributed by atoms with E-state index in [0.717, 1.165) is 17.7 Å². The molecule has 1 nitrogen and oxygen atoms in total. The highest BCUT2D eigenvalue weighted by atomic mass is 79.9. The zero-order chi connectivity index (χ0) is 10.2. The van der Waals surface area contributed by atoms with Crippen LogP contribution in [0.3, 0.4) is 0 Å². The number of rotatable bonds is 6. The van der Waals surface area contributed by atoms with Gasteiger partial charge in [-0.3, -0.25) is 0 Å². The molecule has 0 spiro atoms. The Kier molecular flexibility index (Phi) is 5.69. The van der Waals surface area contributed by atoms with E-state index in [1.54, 1.807) is 0 Å². The SMILES string of the molecule is CCCC(CBr)COc1ccccc1. The van der Waals surface area contributed by atoms with Crippen molar-refractivity contribution in [3.8, 4) is 5.75 Å². The van der Waals surface area contributed by atoms with Crippen LogP contribution in [0.15, 0.2) is 30.3 Å². The summed E-state index contributed by atoms with van der Waals surface area (Å²) in [6, 6.07) is 9.99. The minimum atomic E-state index is 0.625. The average Bonchev–Trinajstić information content (AvgIpc) is 2.25. The van der Waals surface area contributed by atoms with Crippen LogP contribution in [0.5, 0.6) is 5.75 Å². The van der Waals surface area contributed by atoms with Gasteiger partial charge in [0.15, 0.2) is 0 Å². The Labute approximate surface area is 94.6 Å². The third-order valence-corrected chi connectivity index (χ3v) is 3.06. The van der Waals surface area contributed by atoms with Crippen LogP contribution in [0.4, 0.5) is 0 Å². The summed E-state index contributed by atoms with van der Waals surface area (Å²) in [5, 5.41) is 1.02. The van der Waals surface area contributed by atoms with E-state index in [9.17, 15) is 0 Å². The average molecular weight is 257 g/mol. The third kappa shape index (κ3) is 4.14. The maximum Gasteiger partial charge on any atom is 0.119 e. The van der Waals surface area contributed by atoms with Crippen molar-refractivity contribution >= 4 is 15.9 Å². The Morgan fingerprint density at radius 2 is 2.00 bits per heavy atom. The zero-order valence-corrected chi connectivity index (χ0v) is 10.2. The van der Waals surface area contributed by atoms with E-state index in [0.29, 0.717) is 5.92 Å². The van der Waals surface area contributed by atoms with Crippen molar-refractivity contribution < 1.29 is 4.74 Å². The van der Waals surface area contributed by atoms with Gasteiger partial charge in [0, 0.05) is 11.2 Å². The first kappa shape index (κ1) is 11.6. The van der Waals surface area contributed by atoms with Gasteiger partial charge in [0.2, 0.25) is 0 Å². The van der Waals surface area contributed by atoms with Crippen molar-refractivity contribution in [3.63, 3.8) is 0 Å². The molecule has 0 aliphatic rings. The van der Waals surface area contributed by atoms with Crippen LogP contribution >= 0.6 is 15.9 Å². The van der Waals surface area contributed by atoms with Crippen LogP contribution in [-0.4, -0.2) is 11.9 Å². The molecule has 0 saturated heterocycles. The first-order chi connectivity index (χ1) is 6.86. The maximum atomic E-state index is 5.68. The lowest BCUT2D eigenvalue weighted by Gasteiger charge is -2.13. The Balaban J connectivity index is 2.32. The molecule has 0 saturated carbocycles. The van der Waals surface area contributed by atoms with Crippen LogP contribution in [0.25, 0.3) is 0 Å². The Morgan fingerprint density at radius 3 is 2.57 bits per heavy atom. The summed E-state index contributed by atoms with van der Waals surface area (Å²) < 4.78 is 5.68. The van der Waals surface area contributed by atoms with Gasteiger partial charge >= 0.3 is 0 Å². The van der Waals surface area contributed by atoms with Crippen molar-refractivity contribution in [2.45, 2.75) is 19.8 Å². The molecule has 0 N–H and O–H groups in total. The topological polar surface area (TPSA) is 9.23 Å². The van der Waals surface area contributed by atoms with Gasteiger partial charge in [-0.15, -0.1) is 0 Å². The molecule has 78 valence electrons. The first-order valence-corrected chi connectivity index (χ1v) is 6.22. The second-order valence-electron chi connectivity index (χ2n) is 3.43. The molecule has 1 atom stereocenters. The lowest BCUT2D eigenvalue weighted by Crippen LogP contribution is -2.13. The molecule has 1 aromatic carbocycles. The number of ether oxygens (including phenoxy) is 1. The Bertz CT molecular complexity index is 235. The molecule has 1 unspecified atom stereocenters. The summed E-state index contributed by atoms with van der Waals surface area (Å²) in [5.41, 5.74) is 0. The minimum absolute atomic E-state index is 0.625. The Hall–Kier alpha value is -0.500. The van der Waals surface area contributed by atoms with Gasteiger partial charge < -0.3 is 4.74 Å². The van der Waals surface area contributed by atoms with Crippen LogP contribution in [-0.2, 0) is 0 Å². The quantitative estimate of drug-likeness (QED) is 0.703. The molecule has 14 heavy (non-hydrogen) atoms. The molecule has 0 heterocycles. The molecular weight excluding hydrogens is 240 g/mol. The lowest BCUT2D eigenvalue weighted by molar-refractivity contribution is 0.255. The summed E-state index contributed by atoms with van der Waals surface area (Å²) in [7, 11) is 0. The Morgan fingerprint density at radius 1 is 1.29 bits per heavy atom. The predicted octanol–water partition coefficient (Wildman–Crippen LogP) is 3.88. The highest BCUT2D eigenvalue weighted by Gasteiger charge is 2.06. The number of alkyl halides is 1. The molecule has 0 amide bonds. The highest BCUT2D eigenvalue weighted by molar-refractivity contribution is 9.09. The van der Waals surface area contributed by atoms with Crippen LogP contribution in [0, 0.1) is 5.92 Å². The number of halogens is 1. The fourth-order valence-corrected chi connectivity index (χ4v) is 1.85. The maximum absolute atomic E-state index is 5.68. The summed E-state index contributed by atoms with van der Waals surface area (Å²) in [6.07, 6.45) is 2.44. The molecule has 0 fully saturated rings. The predicted molar refractivity (Wildman–Crippen MR) is 64.1 cm³/mol. The smallest absolute Gasteiger partial charge is 0.119 e. The van der Waals surface area contributed by atoms with E-state index in [1.807, 2.05) is 30.3 Å². The highest BCUT2D eigenvalue weighted by Crippen LogP contribution is 2.14. The molecule has 0 radical (unpaired) electrons. The van der Waals surface area contributed by atoms with Crippen molar-refractivity contribution in [3.05, 3.63) is 30.3 Å². The molecule has 0 aromatic heterocycles. The van der Waals surface area contributed by atoms with Gasteiger partial charge in [0.1, 0.15) is 5.75 Å². The number of para-hydroxylation sites is 1. The largest absolute Gasteiger partial charge is 0.493 e. The van der Waals surface area contributed by atoms with Gasteiger partial charge in [0.25, 0.3) is 0 Å². The van der Waals surface area contributed by atoms with E-state index in [-0.39, 0.29) is 0 Å². The van der Waals surface area contributed by atoms with E-state index in [1.165, 1.54) is 12.8 Å².